The molecule has 4 amide bonds. The molecule has 10 nitrogen and oxygen atoms in total. The fraction of sp³-hybridized carbons (Fsp3) is 0.200. The number of aromatic nitrogens is 1. The summed E-state index contributed by atoms with van der Waals surface area (Å²) in [6.07, 6.45) is 0. The third-order valence-corrected chi connectivity index (χ3v) is 6.08. The number of nitrogens with one attached hydrogen (secondary N) is 1. The van der Waals surface area contributed by atoms with Crippen LogP contribution in [0.3, 0.4) is 0 Å². The number of benzene rings is 3. The number of urea groups is 2. The second-order valence-corrected chi connectivity index (χ2v) is 9.58. The number of hydrogen-bond donors (Lipinski definition) is 1. The lowest BCUT2D eigenvalue weighted by molar-refractivity contribution is -0.131. The molecule has 0 atom stereocenters. The molecule has 41 heavy (non-hydrogen) atoms. The number of nitrogens with zero attached hydrogens (tertiary/aromatic N) is 3. The largest absolute Gasteiger partial charge is 0.497 e. The molecule has 214 valence electrons. The summed E-state index contributed by atoms with van der Waals surface area (Å²) in [7, 11) is 6.12. The fourth-order valence-corrected chi connectivity index (χ4v) is 3.94. The van der Waals surface area contributed by atoms with Crippen LogP contribution >= 0.6 is 11.6 Å². The van der Waals surface area contributed by atoms with E-state index in [1.807, 2.05) is 31.2 Å². The Morgan fingerprint density at radius 1 is 0.854 bits per heavy atom. The molecule has 0 aliphatic heterocycles. The van der Waals surface area contributed by atoms with Crippen molar-refractivity contribution >= 4 is 52.1 Å². The molecule has 1 N–H and O–H groups in total. The monoisotopic (exact) mass is 578 g/mol. The van der Waals surface area contributed by atoms with Crippen LogP contribution in [0.15, 0.2) is 72.8 Å². The van der Waals surface area contributed by atoms with Crippen molar-refractivity contribution in [3.8, 4) is 11.5 Å². The molecule has 0 fully saturated rings. The number of hydrogen-bond acceptors (Lipinski definition) is 6. The van der Waals surface area contributed by atoms with E-state index in [0.717, 1.165) is 27.2 Å². The van der Waals surface area contributed by atoms with Crippen molar-refractivity contribution in [2.45, 2.75) is 13.8 Å². The second-order valence-electron chi connectivity index (χ2n) is 9.14. The first kappa shape index (κ1) is 30.7. The molecule has 0 saturated heterocycles. The highest BCUT2D eigenvalue weighted by molar-refractivity contribution is 6.30. The van der Waals surface area contributed by atoms with Gasteiger partial charge in [-0.05, 0) is 79.7 Å². The maximum Gasteiger partial charge on any atom is 0.329 e. The SMILES string of the molecule is CC(=O)Oc1ccc(NC(=O)N(C)C(=O)N(C)C)cc1.COc1ccc2c(c1)cc(C)n2C(=O)c1ccc(Cl)cc1. The predicted molar refractivity (Wildman–Crippen MR) is 158 cm³/mol. The molecule has 0 aliphatic carbocycles. The summed E-state index contributed by atoms with van der Waals surface area (Å²) >= 11 is 5.87. The molecular formula is C30H31ClN4O6. The van der Waals surface area contributed by atoms with Gasteiger partial charge < -0.3 is 19.7 Å². The van der Waals surface area contributed by atoms with Gasteiger partial charge in [-0.1, -0.05) is 11.6 Å². The molecule has 11 heteroatoms. The van der Waals surface area contributed by atoms with E-state index in [1.54, 1.807) is 74.3 Å². The Morgan fingerprint density at radius 3 is 2.02 bits per heavy atom. The number of anilines is 1. The Morgan fingerprint density at radius 2 is 1.46 bits per heavy atom. The third kappa shape index (κ3) is 7.86. The summed E-state index contributed by atoms with van der Waals surface area (Å²) < 4.78 is 11.8. The number of carbonyl (C=O) groups is 4. The van der Waals surface area contributed by atoms with Crippen LogP contribution in [0.2, 0.25) is 5.02 Å². The molecule has 0 saturated carbocycles. The number of rotatable bonds is 4. The third-order valence-electron chi connectivity index (χ3n) is 5.83. The highest BCUT2D eigenvalue weighted by Crippen LogP contribution is 2.25. The van der Waals surface area contributed by atoms with Gasteiger partial charge in [-0.25, -0.2) is 14.5 Å². The Balaban J connectivity index is 0.000000226. The number of esters is 1. The molecule has 0 unspecified atom stereocenters. The number of carbonyl (C=O) groups excluding carboxylic acids is 4. The first-order valence-corrected chi connectivity index (χ1v) is 12.8. The topological polar surface area (TPSA) is 110 Å². The van der Waals surface area contributed by atoms with Gasteiger partial charge >= 0.3 is 18.0 Å². The van der Waals surface area contributed by atoms with Crippen molar-refractivity contribution in [3.05, 3.63) is 89.1 Å². The highest BCUT2D eigenvalue weighted by Gasteiger charge is 2.18. The maximum atomic E-state index is 12.7. The van der Waals surface area contributed by atoms with Crippen molar-refractivity contribution in [2.24, 2.45) is 0 Å². The van der Waals surface area contributed by atoms with Gasteiger partial charge in [0.15, 0.2) is 0 Å². The van der Waals surface area contributed by atoms with Gasteiger partial charge in [-0.2, -0.15) is 0 Å². The van der Waals surface area contributed by atoms with Crippen LogP contribution in [0, 0.1) is 6.92 Å². The van der Waals surface area contributed by atoms with Gasteiger partial charge in [0.05, 0.1) is 12.6 Å². The van der Waals surface area contributed by atoms with E-state index in [2.05, 4.69) is 5.32 Å². The van der Waals surface area contributed by atoms with Gasteiger partial charge in [0.2, 0.25) is 0 Å². The summed E-state index contributed by atoms with van der Waals surface area (Å²) in [6, 6.07) is 19.8. The van der Waals surface area contributed by atoms with Crippen molar-refractivity contribution in [1.82, 2.24) is 14.4 Å². The standard InChI is InChI=1S/C17H14ClNO2.C13H17N3O4/c1-11-9-13-10-15(21-2)7-8-16(13)19(11)17(20)12-3-5-14(18)6-4-12;1-9(17)20-11-7-5-10(6-8-11)14-12(18)16(4)13(19)15(2)3/h3-10H,1-2H3;5-8H,1-4H3,(H,14,18). The van der Waals surface area contributed by atoms with Crippen molar-refractivity contribution < 1.29 is 28.7 Å². The average molecular weight is 579 g/mol. The Kier molecular flexibility index (Phi) is 10.1. The van der Waals surface area contributed by atoms with Crippen LogP contribution in [-0.2, 0) is 4.79 Å². The summed E-state index contributed by atoms with van der Waals surface area (Å²) in [5.41, 5.74) is 2.85. The van der Waals surface area contributed by atoms with E-state index in [4.69, 9.17) is 21.1 Å². The Bertz CT molecular complexity index is 1560. The molecule has 3 aromatic carbocycles. The summed E-state index contributed by atoms with van der Waals surface area (Å²) in [6.45, 7) is 3.22. The molecule has 4 aromatic rings. The van der Waals surface area contributed by atoms with E-state index in [0.29, 0.717) is 22.0 Å². The van der Waals surface area contributed by atoms with Crippen molar-refractivity contribution in [3.63, 3.8) is 0 Å². The Labute approximate surface area is 243 Å². The van der Waals surface area contributed by atoms with Crippen LogP contribution in [-0.4, -0.2) is 66.6 Å². The van der Waals surface area contributed by atoms with E-state index in [1.165, 1.54) is 18.9 Å². The zero-order valence-electron chi connectivity index (χ0n) is 23.6. The lowest BCUT2D eigenvalue weighted by Crippen LogP contribution is -2.42. The minimum atomic E-state index is -0.552. The summed E-state index contributed by atoms with van der Waals surface area (Å²) in [5.74, 6) is 0.675. The minimum absolute atomic E-state index is 0.0654. The summed E-state index contributed by atoms with van der Waals surface area (Å²) in [5, 5.41) is 4.15. The van der Waals surface area contributed by atoms with Gasteiger partial charge in [0, 0.05) is 55.4 Å². The lowest BCUT2D eigenvalue weighted by Gasteiger charge is -2.20. The van der Waals surface area contributed by atoms with Crippen molar-refractivity contribution in [1.29, 1.82) is 0 Å². The van der Waals surface area contributed by atoms with Gasteiger partial charge in [-0.3, -0.25) is 14.2 Å². The average Bonchev–Trinajstić information content (AvgIpc) is 3.27. The molecule has 1 aromatic heterocycles. The zero-order valence-corrected chi connectivity index (χ0v) is 24.4. The predicted octanol–water partition coefficient (Wildman–Crippen LogP) is 6.06. The second kappa shape index (κ2) is 13.5. The maximum absolute atomic E-state index is 12.7. The molecule has 0 bridgehead atoms. The molecule has 1 heterocycles. The normalized spacial score (nSPS) is 10.2. The molecule has 0 radical (unpaired) electrons. The zero-order chi connectivity index (χ0) is 30.3. The Hall–Kier alpha value is -4.83. The van der Waals surface area contributed by atoms with E-state index >= 15 is 0 Å². The van der Waals surface area contributed by atoms with Gasteiger partial charge in [0.25, 0.3) is 5.91 Å². The van der Waals surface area contributed by atoms with E-state index in [9.17, 15) is 19.2 Å². The van der Waals surface area contributed by atoms with Gasteiger partial charge in [0.1, 0.15) is 11.5 Å². The van der Waals surface area contributed by atoms with Crippen LogP contribution in [0.25, 0.3) is 10.9 Å². The van der Waals surface area contributed by atoms with Gasteiger partial charge in [-0.15, -0.1) is 0 Å². The molecular weight excluding hydrogens is 548 g/mol. The summed E-state index contributed by atoms with van der Waals surface area (Å²) in [4.78, 5) is 49.1. The van der Waals surface area contributed by atoms with E-state index < -0.39 is 18.0 Å². The number of amides is 4. The van der Waals surface area contributed by atoms with Crippen molar-refractivity contribution in [2.75, 3.05) is 33.6 Å². The van der Waals surface area contributed by atoms with Crippen LogP contribution < -0.4 is 14.8 Å². The first-order valence-electron chi connectivity index (χ1n) is 12.4. The molecule has 0 aliphatic rings. The van der Waals surface area contributed by atoms with E-state index in [-0.39, 0.29) is 5.91 Å². The highest BCUT2D eigenvalue weighted by atomic mass is 35.5. The number of imide groups is 1. The van der Waals surface area contributed by atoms with Crippen LogP contribution in [0.1, 0.15) is 23.0 Å². The first-order chi connectivity index (χ1) is 19.4. The number of aryl methyl sites for hydroxylation is 1. The minimum Gasteiger partial charge on any atom is -0.497 e. The number of fused-ring (bicyclic) bond motifs is 1. The number of methoxy groups -OCH3 is 1. The number of ether oxygens (including phenoxy) is 2. The lowest BCUT2D eigenvalue weighted by atomic mass is 10.2. The molecule has 0 spiro atoms. The smallest absolute Gasteiger partial charge is 0.329 e. The fourth-order valence-electron chi connectivity index (χ4n) is 3.82. The molecule has 4 rings (SSSR count). The van der Waals surface area contributed by atoms with Crippen LogP contribution in [0.4, 0.5) is 15.3 Å². The number of halogens is 1. The van der Waals surface area contributed by atoms with Crippen LogP contribution in [0.5, 0.6) is 11.5 Å². The quantitative estimate of drug-likeness (QED) is 0.233.